The summed E-state index contributed by atoms with van der Waals surface area (Å²) >= 11 is 11.7. The summed E-state index contributed by atoms with van der Waals surface area (Å²) in [5.74, 6) is -0.298. The molecule has 0 unspecified atom stereocenters. The number of hydrogen-bond donors (Lipinski definition) is 1. The summed E-state index contributed by atoms with van der Waals surface area (Å²) < 4.78 is 27.4. The summed E-state index contributed by atoms with van der Waals surface area (Å²) in [4.78, 5) is 14.3. The lowest BCUT2D eigenvalue weighted by molar-refractivity contribution is -0.119. The van der Waals surface area contributed by atoms with Gasteiger partial charge in [-0.1, -0.05) is 41.4 Å². The van der Waals surface area contributed by atoms with Gasteiger partial charge in [0.05, 0.1) is 21.0 Å². The normalized spacial score (nSPS) is 15.1. The number of carbonyl (C=O) groups is 1. The Kier molecular flexibility index (Phi) is 5.06. The fraction of sp³-hybridized carbons (Fsp3) is 0.235. The highest BCUT2D eigenvalue weighted by Crippen LogP contribution is 2.28. The summed E-state index contributed by atoms with van der Waals surface area (Å²) in [5.41, 5.74) is 1.91. The van der Waals surface area contributed by atoms with Gasteiger partial charge < -0.3 is 4.90 Å². The van der Waals surface area contributed by atoms with Gasteiger partial charge in [-0.2, -0.15) is 4.72 Å². The van der Waals surface area contributed by atoms with Crippen molar-refractivity contribution in [2.24, 2.45) is 0 Å². The van der Waals surface area contributed by atoms with Gasteiger partial charge in [0.15, 0.2) is 0 Å². The maximum absolute atomic E-state index is 12.7. The van der Waals surface area contributed by atoms with Crippen LogP contribution < -0.4 is 9.62 Å². The smallest absolute Gasteiger partial charge is 0.244 e. The van der Waals surface area contributed by atoms with E-state index in [0.717, 1.165) is 17.7 Å². The van der Waals surface area contributed by atoms with Crippen molar-refractivity contribution in [2.75, 3.05) is 11.4 Å². The molecular weight excluding hydrogens is 383 g/mol. The molecule has 5 nitrogen and oxygen atoms in total. The van der Waals surface area contributed by atoms with Crippen molar-refractivity contribution < 1.29 is 13.2 Å². The zero-order chi connectivity index (χ0) is 18.2. The zero-order valence-electron chi connectivity index (χ0n) is 13.4. The van der Waals surface area contributed by atoms with Gasteiger partial charge in [-0.3, -0.25) is 4.79 Å². The number of halogens is 2. The minimum absolute atomic E-state index is 0.0385. The average molecular weight is 399 g/mol. The van der Waals surface area contributed by atoms with E-state index in [4.69, 9.17) is 23.2 Å². The molecule has 1 heterocycles. The number of fused-ring (bicyclic) bond motifs is 1. The molecule has 0 spiro atoms. The van der Waals surface area contributed by atoms with E-state index in [1.807, 2.05) is 24.3 Å². The first-order valence-electron chi connectivity index (χ1n) is 7.66. The highest BCUT2D eigenvalue weighted by atomic mass is 35.5. The number of carbonyl (C=O) groups excluding carboxylic acids is 1. The second-order valence-corrected chi connectivity index (χ2v) is 8.32. The number of nitrogens with zero attached hydrogens (tertiary/aromatic N) is 1. The maximum atomic E-state index is 12.7. The van der Waals surface area contributed by atoms with Gasteiger partial charge in [0.2, 0.25) is 15.9 Å². The molecule has 0 saturated carbocycles. The SMILES string of the molecule is C[C@@H](NS(=O)(=O)c1ccc(Cl)c(Cl)c1)C(=O)N1CCc2ccccc21. The molecule has 3 rings (SSSR count). The Labute approximate surface area is 156 Å². The largest absolute Gasteiger partial charge is 0.310 e. The Morgan fingerprint density at radius 2 is 1.88 bits per heavy atom. The van der Waals surface area contributed by atoms with Crippen molar-refractivity contribution in [1.82, 2.24) is 4.72 Å². The third-order valence-electron chi connectivity index (χ3n) is 4.06. The fourth-order valence-corrected chi connectivity index (χ4v) is 4.38. The second-order valence-electron chi connectivity index (χ2n) is 5.79. The number of rotatable bonds is 4. The van der Waals surface area contributed by atoms with Gasteiger partial charge in [0.1, 0.15) is 0 Å². The van der Waals surface area contributed by atoms with Crippen LogP contribution in [0.4, 0.5) is 5.69 Å². The first kappa shape index (κ1) is 18.2. The van der Waals surface area contributed by atoms with Gasteiger partial charge >= 0.3 is 0 Å². The summed E-state index contributed by atoms with van der Waals surface area (Å²) in [7, 11) is -3.89. The third-order valence-corrected chi connectivity index (χ3v) is 6.33. The number of hydrogen-bond acceptors (Lipinski definition) is 3. The summed E-state index contributed by atoms with van der Waals surface area (Å²) in [6.45, 7) is 2.06. The zero-order valence-corrected chi connectivity index (χ0v) is 15.7. The van der Waals surface area contributed by atoms with Gasteiger partial charge in [-0.25, -0.2) is 8.42 Å². The maximum Gasteiger partial charge on any atom is 0.244 e. The molecule has 1 atom stereocenters. The monoisotopic (exact) mass is 398 g/mol. The fourth-order valence-electron chi connectivity index (χ4n) is 2.80. The molecule has 0 radical (unpaired) electrons. The number of nitrogens with one attached hydrogen (secondary N) is 1. The Morgan fingerprint density at radius 1 is 1.16 bits per heavy atom. The number of sulfonamides is 1. The van der Waals surface area contributed by atoms with E-state index in [-0.39, 0.29) is 20.8 Å². The van der Waals surface area contributed by atoms with Crippen LogP contribution in [0.1, 0.15) is 12.5 Å². The van der Waals surface area contributed by atoms with Crippen LogP contribution in [-0.4, -0.2) is 26.9 Å². The Bertz CT molecular complexity index is 931. The van der Waals surface area contributed by atoms with Crippen molar-refractivity contribution in [2.45, 2.75) is 24.3 Å². The molecule has 25 heavy (non-hydrogen) atoms. The molecule has 0 aromatic heterocycles. The molecule has 2 aromatic carbocycles. The number of para-hydroxylation sites is 1. The molecule has 1 N–H and O–H groups in total. The molecule has 1 aliphatic rings. The standard InChI is InChI=1S/C17H16Cl2N2O3S/c1-11(17(22)21-9-8-12-4-2-3-5-16(12)21)20-25(23,24)13-6-7-14(18)15(19)10-13/h2-7,10-11,20H,8-9H2,1H3/t11-/m1/s1. The van der Waals surface area contributed by atoms with Crippen molar-refractivity contribution in [3.8, 4) is 0 Å². The quantitative estimate of drug-likeness (QED) is 0.859. The molecule has 8 heteroatoms. The second kappa shape index (κ2) is 6.96. The lowest BCUT2D eigenvalue weighted by Crippen LogP contribution is -2.46. The lowest BCUT2D eigenvalue weighted by Gasteiger charge is -2.22. The minimum Gasteiger partial charge on any atom is -0.310 e. The van der Waals surface area contributed by atoms with E-state index in [1.54, 1.807) is 4.90 Å². The van der Waals surface area contributed by atoms with E-state index in [9.17, 15) is 13.2 Å². The van der Waals surface area contributed by atoms with Crippen molar-refractivity contribution in [1.29, 1.82) is 0 Å². The molecule has 0 saturated heterocycles. The van der Waals surface area contributed by atoms with Gasteiger partial charge in [0, 0.05) is 12.2 Å². The molecule has 2 aromatic rings. The van der Waals surface area contributed by atoms with Crippen molar-refractivity contribution in [3.05, 3.63) is 58.1 Å². The molecule has 1 aliphatic heterocycles. The predicted molar refractivity (Wildman–Crippen MR) is 98.7 cm³/mol. The highest BCUT2D eigenvalue weighted by Gasteiger charge is 2.30. The van der Waals surface area contributed by atoms with E-state index in [0.29, 0.717) is 6.54 Å². The molecule has 0 fully saturated rings. The summed E-state index contributed by atoms with van der Waals surface area (Å²) in [6, 6.07) is 10.7. The van der Waals surface area contributed by atoms with Crippen LogP contribution in [0.5, 0.6) is 0 Å². The molecule has 0 aliphatic carbocycles. The van der Waals surface area contributed by atoms with E-state index >= 15 is 0 Å². The number of anilines is 1. The van der Waals surface area contributed by atoms with Crippen LogP contribution in [-0.2, 0) is 21.2 Å². The first-order valence-corrected chi connectivity index (χ1v) is 9.90. The van der Waals surface area contributed by atoms with Crippen LogP contribution in [0, 0.1) is 0 Å². The van der Waals surface area contributed by atoms with Crippen molar-refractivity contribution in [3.63, 3.8) is 0 Å². The highest BCUT2D eigenvalue weighted by molar-refractivity contribution is 7.89. The van der Waals surface area contributed by atoms with Crippen LogP contribution in [0.3, 0.4) is 0 Å². The topological polar surface area (TPSA) is 66.5 Å². The van der Waals surface area contributed by atoms with Gasteiger partial charge in [0.25, 0.3) is 0 Å². The molecule has 1 amide bonds. The predicted octanol–water partition coefficient (Wildman–Crippen LogP) is 3.25. The Balaban J connectivity index is 1.78. The Morgan fingerprint density at radius 3 is 2.60 bits per heavy atom. The minimum atomic E-state index is -3.89. The van der Waals surface area contributed by atoms with E-state index < -0.39 is 16.1 Å². The average Bonchev–Trinajstić information content (AvgIpc) is 3.00. The third kappa shape index (κ3) is 3.67. The first-order chi connectivity index (χ1) is 11.8. The number of amides is 1. The Hall–Kier alpha value is -1.60. The van der Waals surface area contributed by atoms with E-state index in [1.165, 1.54) is 25.1 Å². The van der Waals surface area contributed by atoms with Crippen LogP contribution in [0.2, 0.25) is 10.0 Å². The van der Waals surface area contributed by atoms with Crippen LogP contribution >= 0.6 is 23.2 Å². The van der Waals surface area contributed by atoms with E-state index in [2.05, 4.69) is 4.72 Å². The van der Waals surface area contributed by atoms with Gasteiger partial charge in [-0.05, 0) is 43.2 Å². The van der Waals surface area contributed by atoms with Crippen LogP contribution in [0.25, 0.3) is 0 Å². The van der Waals surface area contributed by atoms with Crippen LogP contribution in [0.15, 0.2) is 47.4 Å². The summed E-state index contributed by atoms with van der Waals surface area (Å²) in [6.07, 6.45) is 0.758. The van der Waals surface area contributed by atoms with Gasteiger partial charge in [-0.15, -0.1) is 0 Å². The summed E-state index contributed by atoms with van der Waals surface area (Å²) in [5, 5.41) is 0.399. The van der Waals surface area contributed by atoms with Crippen molar-refractivity contribution >= 4 is 44.8 Å². The number of benzene rings is 2. The molecule has 0 bridgehead atoms. The molecule has 132 valence electrons. The molecular formula is C17H16Cl2N2O3S. The lowest BCUT2D eigenvalue weighted by atomic mass is 10.2.